The van der Waals surface area contributed by atoms with Crippen LogP contribution in [0.5, 0.6) is 0 Å². The maximum absolute atomic E-state index is 12.2. The van der Waals surface area contributed by atoms with E-state index in [1.165, 1.54) is 42.8 Å². The molecule has 49 heavy (non-hydrogen) atoms. The average Bonchev–Trinajstić information content (AvgIpc) is 3.04. The summed E-state index contributed by atoms with van der Waals surface area (Å²) in [4.78, 5) is 43.9. The van der Waals surface area contributed by atoms with Gasteiger partial charge in [0.1, 0.15) is 6.61 Å². The van der Waals surface area contributed by atoms with Crippen LogP contribution < -0.4 is 0 Å². The lowest BCUT2D eigenvalue weighted by Gasteiger charge is -2.17. The van der Waals surface area contributed by atoms with Crippen molar-refractivity contribution in [3.8, 4) is 0 Å². The number of benzene rings is 4. The van der Waals surface area contributed by atoms with Crippen molar-refractivity contribution in [2.45, 2.75) is 25.4 Å². The first kappa shape index (κ1) is 38.9. The molecule has 4 aromatic carbocycles. The van der Waals surface area contributed by atoms with Crippen LogP contribution in [0.2, 0.25) is 0 Å². The number of aryl methyl sites for hydroxylation is 1. The number of carbonyl (C=O) groups is 4. The van der Waals surface area contributed by atoms with Crippen LogP contribution >= 0.6 is 0 Å². The average molecular weight is 694 g/mol. The summed E-state index contributed by atoms with van der Waals surface area (Å²) in [5.41, 5.74) is 1.24. The fourth-order valence-electron chi connectivity index (χ4n) is 5.06. The van der Waals surface area contributed by atoms with Gasteiger partial charge in [-0.25, -0.2) is 4.79 Å². The smallest absolute Gasteiger partial charge is 0.480 e. The summed E-state index contributed by atoms with van der Waals surface area (Å²) < 4.78 is 53.2. The number of hydrogen-bond donors (Lipinski definition) is 3. The van der Waals surface area contributed by atoms with Gasteiger partial charge in [-0.3, -0.25) is 19.3 Å². The molecule has 0 fully saturated rings. The highest BCUT2D eigenvalue weighted by atomic mass is 19.4. The van der Waals surface area contributed by atoms with E-state index in [1.54, 1.807) is 0 Å². The number of carboxylic acid groups (broad SMARTS) is 3. The molecule has 0 spiro atoms. The van der Waals surface area contributed by atoms with Gasteiger partial charge in [0.2, 0.25) is 0 Å². The Kier molecular flexibility index (Phi) is 15.4. The first-order valence-corrected chi connectivity index (χ1v) is 15.4. The fraction of sp³-hybridized carbons (Fsp3) is 0.412. The van der Waals surface area contributed by atoms with Gasteiger partial charge in [0, 0.05) is 13.0 Å². The molecular weight excluding hydrogens is 655 g/mol. The van der Waals surface area contributed by atoms with Crippen molar-refractivity contribution < 1.29 is 66.6 Å². The van der Waals surface area contributed by atoms with Crippen LogP contribution in [0.1, 0.15) is 18.4 Å². The molecule has 0 unspecified atom stereocenters. The lowest BCUT2D eigenvalue weighted by molar-refractivity contribution is -0.192. The fourth-order valence-corrected chi connectivity index (χ4v) is 5.06. The number of carboxylic acids is 3. The third kappa shape index (κ3) is 13.1. The van der Waals surface area contributed by atoms with Crippen LogP contribution in [0, 0.1) is 0 Å². The highest BCUT2D eigenvalue weighted by Crippen LogP contribution is 2.36. The quantitative estimate of drug-likeness (QED) is 0.0669. The Morgan fingerprint density at radius 3 is 1.69 bits per heavy atom. The van der Waals surface area contributed by atoms with E-state index in [4.69, 9.17) is 39.1 Å². The maximum Gasteiger partial charge on any atom is 0.490 e. The van der Waals surface area contributed by atoms with E-state index in [2.05, 4.69) is 54.6 Å². The first-order valence-electron chi connectivity index (χ1n) is 15.4. The van der Waals surface area contributed by atoms with E-state index in [1.807, 2.05) is 0 Å². The van der Waals surface area contributed by atoms with Gasteiger partial charge in [0.05, 0.1) is 52.7 Å². The summed E-state index contributed by atoms with van der Waals surface area (Å²) >= 11 is 0. The number of halogens is 3. The van der Waals surface area contributed by atoms with Crippen molar-refractivity contribution in [3.05, 3.63) is 60.2 Å². The summed E-state index contributed by atoms with van der Waals surface area (Å²) in [5, 5.41) is 32.3. The minimum atomic E-state index is -5.08. The molecule has 15 heteroatoms. The van der Waals surface area contributed by atoms with Crippen molar-refractivity contribution in [1.29, 1.82) is 0 Å². The molecule has 0 radical (unpaired) electrons. The lowest BCUT2D eigenvalue weighted by atomic mass is 9.90. The molecule has 0 saturated heterocycles. The molecule has 3 N–H and O–H groups in total. The number of esters is 1. The van der Waals surface area contributed by atoms with E-state index in [9.17, 15) is 27.6 Å². The molecule has 12 nitrogen and oxygen atoms in total. The van der Waals surface area contributed by atoms with E-state index in [0.717, 1.165) is 6.42 Å². The molecular formula is C34H38F3NO11. The molecule has 0 saturated carbocycles. The number of hydrogen-bond acceptors (Lipinski definition) is 9. The van der Waals surface area contributed by atoms with Crippen LogP contribution in [-0.4, -0.2) is 116 Å². The molecule has 4 aromatic rings. The van der Waals surface area contributed by atoms with Crippen LogP contribution in [0.4, 0.5) is 13.2 Å². The predicted octanol–water partition coefficient (Wildman–Crippen LogP) is 4.60. The topological polar surface area (TPSA) is 169 Å². The second kappa shape index (κ2) is 19.4. The summed E-state index contributed by atoms with van der Waals surface area (Å²) in [6, 6.07) is 19.4. The highest BCUT2D eigenvalue weighted by Gasteiger charge is 2.38. The molecule has 0 aromatic heterocycles. The van der Waals surface area contributed by atoms with Crippen LogP contribution in [0.25, 0.3) is 32.3 Å². The lowest BCUT2D eigenvalue weighted by Crippen LogP contribution is -2.37. The van der Waals surface area contributed by atoms with Crippen molar-refractivity contribution in [3.63, 3.8) is 0 Å². The van der Waals surface area contributed by atoms with E-state index >= 15 is 0 Å². The number of ether oxygens (including phenoxy) is 4. The number of nitrogens with zero attached hydrogens (tertiary/aromatic N) is 1. The third-order valence-electron chi connectivity index (χ3n) is 7.19. The SMILES string of the molecule is O=C(O)C(F)(F)F.O=C(O)CN(CCOCCOCCOCCOC(=O)CCCc1ccc2ccc3cccc4ccc1c2c34)CC(=O)O. The highest BCUT2D eigenvalue weighted by molar-refractivity contribution is 6.23. The minimum Gasteiger partial charge on any atom is -0.480 e. The molecule has 0 aliphatic carbocycles. The van der Waals surface area contributed by atoms with Crippen LogP contribution in [0.3, 0.4) is 0 Å². The van der Waals surface area contributed by atoms with Gasteiger partial charge < -0.3 is 34.3 Å². The molecule has 0 aliphatic heterocycles. The van der Waals surface area contributed by atoms with Crippen molar-refractivity contribution in [1.82, 2.24) is 4.90 Å². The Morgan fingerprint density at radius 2 is 1.14 bits per heavy atom. The van der Waals surface area contributed by atoms with Crippen molar-refractivity contribution in [2.75, 3.05) is 65.9 Å². The van der Waals surface area contributed by atoms with Gasteiger partial charge in [-0.05, 0) is 50.7 Å². The van der Waals surface area contributed by atoms with E-state index in [0.29, 0.717) is 39.3 Å². The minimum absolute atomic E-state index is 0.184. The van der Waals surface area contributed by atoms with Gasteiger partial charge in [0.15, 0.2) is 0 Å². The predicted molar refractivity (Wildman–Crippen MR) is 172 cm³/mol. The number of rotatable bonds is 20. The van der Waals surface area contributed by atoms with Crippen molar-refractivity contribution >= 4 is 56.2 Å². The van der Waals surface area contributed by atoms with Gasteiger partial charge in [-0.15, -0.1) is 0 Å². The number of alkyl halides is 3. The molecule has 0 heterocycles. The first-order chi connectivity index (χ1) is 23.4. The summed E-state index contributed by atoms with van der Waals surface area (Å²) in [6.07, 6.45) is -3.24. The van der Waals surface area contributed by atoms with Gasteiger partial charge in [-0.1, -0.05) is 54.6 Å². The van der Waals surface area contributed by atoms with Gasteiger partial charge in [0.25, 0.3) is 0 Å². The Bertz CT molecular complexity index is 1650. The molecule has 266 valence electrons. The van der Waals surface area contributed by atoms with Gasteiger partial charge >= 0.3 is 30.1 Å². The summed E-state index contributed by atoms with van der Waals surface area (Å²) in [6.45, 7) is 1.45. The standard InChI is InChI=1S/C32H37NO9.C2HF3O2/c34-28(35)21-33(22-29(36)37)13-14-39-15-16-40-17-18-41-19-20-42-30(38)6-2-3-23-7-8-26-10-9-24-4-1-5-25-11-12-27(23)32(26)31(24)25;3-2(4,5)1(6)7/h1,4-5,7-12H,2-3,6,13-22H2,(H,34,35)(H,36,37);(H,6,7). The summed E-state index contributed by atoms with van der Waals surface area (Å²) in [7, 11) is 0. The maximum atomic E-state index is 12.2. The Labute approximate surface area is 279 Å². The van der Waals surface area contributed by atoms with Crippen LogP contribution in [-0.2, 0) is 44.5 Å². The zero-order valence-corrected chi connectivity index (χ0v) is 26.6. The largest absolute Gasteiger partial charge is 0.490 e. The number of carbonyl (C=O) groups excluding carboxylic acids is 1. The zero-order valence-electron chi connectivity index (χ0n) is 26.6. The third-order valence-corrected chi connectivity index (χ3v) is 7.19. The molecule has 0 bridgehead atoms. The Hall–Kier alpha value is -4.57. The summed E-state index contributed by atoms with van der Waals surface area (Å²) in [5.74, 6) is -5.18. The normalized spacial score (nSPS) is 11.6. The van der Waals surface area contributed by atoms with E-state index < -0.39 is 24.1 Å². The van der Waals surface area contributed by atoms with Crippen molar-refractivity contribution in [2.24, 2.45) is 0 Å². The van der Waals surface area contributed by atoms with E-state index in [-0.39, 0.29) is 45.4 Å². The molecule has 0 amide bonds. The Morgan fingerprint density at radius 1 is 0.653 bits per heavy atom. The molecule has 4 rings (SSSR count). The molecule has 0 atom stereocenters. The number of aliphatic carboxylic acids is 3. The molecule has 0 aliphatic rings. The van der Waals surface area contributed by atoms with Crippen LogP contribution in [0.15, 0.2) is 54.6 Å². The second-order valence-corrected chi connectivity index (χ2v) is 10.8. The second-order valence-electron chi connectivity index (χ2n) is 10.8. The van der Waals surface area contributed by atoms with Gasteiger partial charge in [-0.2, -0.15) is 13.2 Å². The Balaban J connectivity index is 0.000000838. The zero-order chi connectivity index (χ0) is 35.8. The monoisotopic (exact) mass is 693 g/mol.